The van der Waals surface area contributed by atoms with Crippen molar-refractivity contribution in [1.29, 1.82) is 0 Å². The van der Waals surface area contributed by atoms with Crippen LogP contribution in [0.15, 0.2) is 0 Å². The molecule has 0 amide bonds. The van der Waals surface area contributed by atoms with E-state index in [4.69, 9.17) is 0 Å². The van der Waals surface area contributed by atoms with E-state index in [-0.39, 0.29) is 5.75 Å². The van der Waals surface area contributed by atoms with Gasteiger partial charge in [0.15, 0.2) is 0 Å². The molecular formula is C13H29NO2S. The fraction of sp³-hybridized carbons (Fsp3) is 1.00. The monoisotopic (exact) mass is 263 g/mol. The largest absolute Gasteiger partial charge is 0.314 e. The molecule has 0 bridgehead atoms. The van der Waals surface area contributed by atoms with Gasteiger partial charge in [-0.25, -0.2) is 8.42 Å². The standard InChI is InChI=1S/C13H29NO2S/c1-5-9-12(4)13(14-6-2)10-8-11-17(15,16)7-3/h12-14H,5-11H2,1-4H3. The van der Waals surface area contributed by atoms with E-state index in [1.54, 1.807) is 6.92 Å². The summed E-state index contributed by atoms with van der Waals surface area (Å²) in [6.45, 7) is 9.23. The van der Waals surface area contributed by atoms with Crippen molar-refractivity contribution in [3.05, 3.63) is 0 Å². The summed E-state index contributed by atoms with van der Waals surface area (Å²) < 4.78 is 22.8. The Balaban J connectivity index is 4.09. The number of hydrogen-bond acceptors (Lipinski definition) is 3. The van der Waals surface area contributed by atoms with E-state index < -0.39 is 9.84 Å². The topological polar surface area (TPSA) is 46.2 Å². The highest BCUT2D eigenvalue weighted by molar-refractivity contribution is 7.91. The lowest BCUT2D eigenvalue weighted by molar-refractivity contribution is 0.340. The predicted molar refractivity (Wildman–Crippen MR) is 75.1 cm³/mol. The van der Waals surface area contributed by atoms with Crippen LogP contribution in [-0.2, 0) is 9.84 Å². The molecule has 0 fully saturated rings. The first-order chi connectivity index (χ1) is 7.96. The van der Waals surface area contributed by atoms with Crippen molar-refractivity contribution >= 4 is 9.84 Å². The lowest BCUT2D eigenvalue weighted by atomic mass is 9.93. The normalized spacial score (nSPS) is 15.8. The highest BCUT2D eigenvalue weighted by Gasteiger charge is 2.16. The summed E-state index contributed by atoms with van der Waals surface area (Å²) in [5.74, 6) is 1.23. The molecule has 0 aromatic heterocycles. The average Bonchev–Trinajstić information content (AvgIpc) is 2.28. The predicted octanol–water partition coefficient (Wildman–Crippen LogP) is 2.62. The minimum absolute atomic E-state index is 0.267. The van der Waals surface area contributed by atoms with Gasteiger partial charge in [0.1, 0.15) is 9.84 Å². The molecule has 0 aliphatic heterocycles. The van der Waals surface area contributed by atoms with Gasteiger partial charge in [-0.2, -0.15) is 0 Å². The van der Waals surface area contributed by atoms with E-state index in [0.29, 0.717) is 17.7 Å². The van der Waals surface area contributed by atoms with Crippen LogP contribution in [0, 0.1) is 5.92 Å². The van der Waals surface area contributed by atoms with Crippen molar-refractivity contribution in [2.24, 2.45) is 5.92 Å². The van der Waals surface area contributed by atoms with Gasteiger partial charge in [-0.1, -0.05) is 34.1 Å². The van der Waals surface area contributed by atoms with E-state index in [1.807, 2.05) is 0 Å². The Labute approximate surface area is 107 Å². The number of nitrogens with one attached hydrogen (secondary N) is 1. The van der Waals surface area contributed by atoms with Crippen LogP contribution in [0.5, 0.6) is 0 Å². The van der Waals surface area contributed by atoms with Gasteiger partial charge >= 0.3 is 0 Å². The SMILES string of the molecule is CCCC(C)C(CCCS(=O)(=O)CC)NCC. The molecule has 0 aliphatic rings. The van der Waals surface area contributed by atoms with Gasteiger partial charge in [0.25, 0.3) is 0 Å². The van der Waals surface area contributed by atoms with Crippen LogP contribution in [-0.4, -0.2) is 32.5 Å². The third kappa shape index (κ3) is 7.77. The van der Waals surface area contributed by atoms with Crippen molar-refractivity contribution in [3.8, 4) is 0 Å². The van der Waals surface area contributed by atoms with Crippen molar-refractivity contribution in [2.45, 2.75) is 59.4 Å². The van der Waals surface area contributed by atoms with Crippen molar-refractivity contribution in [2.75, 3.05) is 18.1 Å². The lowest BCUT2D eigenvalue weighted by Crippen LogP contribution is -2.35. The van der Waals surface area contributed by atoms with Gasteiger partial charge in [-0.3, -0.25) is 0 Å². The Kier molecular flexibility index (Phi) is 8.88. The summed E-state index contributed by atoms with van der Waals surface area (Å²) in [7, 11) is -2.80. The Morgan fingerprint density at radius 2 is 1.76 bits per heavy atom. The highest BCUT2D eigenvalue weighted by Crippen LogP contribution is 2.15. The van der Waals surface area contributed by atoms with Crippen molar-refractivity contribution in [1.82, 2.24) is 5.32 Å². The highest BCUT2D eigenvalue weighted by atomic mass is 32.2. The molecule has 104 valence electrons. The van der Waals surface area contributed by atoms with E-state index in [1.165, 1.54) is 12.8 Å². The zero-order valence-electron chi connectivity index (χ0n) is 11.8. The minimum atomic E-state index is -2.80. The summed E-state index contributed by atoms with van der Waals surface area (Å²) in [5, 5.41) is 3.48. The molecule has 2 unspecified atom stereocenters. The summed E-state index contributed by atoms with van der Waals surface area (Å²) in [5.41, 5.74) is 0. The molecule has 0 saturated carbocycles. The van der Waals surface area contributed by atoms with Gasteiger partial charge in [-0.15, -0.1) is 0 Å². The molecule has 4 heteroatoms. The minimum Gasteiger partial charge on any atom is -0.314 e. The first-order valence-corrected chi connectivity index (χ1v) is 8.72. The van der Waals surface area contributed by atoms with Gasteiger partial charge in [0.05, 0.1) is 5.75 Å². The molecule has 0 radical (unpaired) electrons. The van der Waals surface area contributed by atoms with E-state index >= 15 is 0 Å². The summed E-state index contributed by atoms with van der Waals surface area (Å²) in [6.07, 6.45) is 4.14. The Hall–Kier alpha value is -0.0900. The molecule has 17 heavy (non-hydrogen) atoms. The molecule has 0 aromatic carbocycles. The van der Waals surface area contributed by atoms with Crippen LogP contribution in [0.25, 0.3) is 0 Å². The molecule has 0 heterocycles. The maximum Gasteiger partial charge on any atom is 0.150 e. The zero-order chi connectivity index (χ0) is 13.3. The average molecular weight is 263 g/mol. The second kappa shape index (κ2) is 8.92. The molecular weight excluding hydrogens is 234 g/mol. The maximum atomic E-state index is 11.4. The molecule has 2 atom stereocenters. The summed E-state index contributed by atoms with van der Waals surface area (Å²) >= 11 is 0. The molecule has 0 spiro atoms. The van der Waals surface area contributed by atoms with Crippen LogP contribution in [0.1, 0.15) is 53.4 Å². The van der Waals surface area contributed by atoms with E-state index in [9.17, 15) is 8.42 Å². The van der Waals surface area contributed by atoms with Gasteiger partial charge in [0.2, 0.25) is 0 Å². The second-order valence-electron chi connectivity index (χ2n) is 4.81. The molecule has 3 nitrogen and oxygen atoms in total. The Bertz CT molecular complexity index is 275. The van der Waals surface area contributed by atoms with Gasteiger partial charge < -0.3 is 5.32 Å². The summed E-state index contributed by atoms with van der Waals surface area (Å²) in [6, 6.07) is 0.465. The van der Waals surface area contributed by atoms with E-state index in [0.717, 1.165) is 19.4 Å². The first kappa shape index (κ1) is 16.9. The lowest BCUT2D eigenvalue weighted by Gasteiger charge is -2.24. The van der Waals surface area contributed by atoms with Crippen LogP contribution in [0.4, 0.5) is 0 Å². The first-order valence-electron chi connectivity index (χ1n) is 6.90. The third-order valence-corrected chi connectivity index (χ3v) is 5.10. The summed E-state index contributed by atoms with van der Waals surface area (Å²) in [4.78, 5) is 0. The van der Waals surface area contributed by atoms with Crippen LogP contribution in [0.2, 0.25) is 0 Å². The van der Waals surface area contributed by atoms with Crippen molar-refractivity contribution in [3.63, 3.8) is 0 Å². The molecule has 0 rings (SSSR count). The molecule has 0 aliphatic carbocycles. The Morgan fingerprint density at radius 1 is 1.12 bits per heavy atom. The van der Waals surface area contributed by atoms with Gasteiger partial charge in [0, 0.05) is 11.8 Å². The van der Waals surface area contributed by atoms with Crippen LogP contribution < -0.4 is 5.32 Å². The van der Waals surface area contributed by atoms with Crippen LogP contribution in [0.3, 0.4) is 0 Å². The maximum absolute atomic E-state index is 11.4. The fourth-order valence-electron chi connectivity index (χ4n) is 2.17. The number of sulfone groups is 1. The third-order valence-electron chi connectivity index (χ3n) is 3.31. The number of rotatable bonds is 10. The van der Waals surface area contributed by atoms with Gasteiger partial charge in [-0.05, 0) is 31.7 Å². The molecule has 0 saturated heterocycles. The van der Waals surface area contributed by atoms with E-state index in [2.05, 4.69) is 26.1 Å². The zero-order valence-corrected chi connectivity index (χ0v) is 12.6. The Morgan fingerprint density at radius 3 is 2.24 bits per heavy atom. The van der Waals surface area contributed by atoms with Crippen LogP contribution >= 0.6 is 0 Å². The molecule has 1 N–H and O–H groups in total. The second-order valence-corrected chi connectivity index (χ2v) is 7.28. The van der Waals surface area contributed by atoms with Crippen molar-refractivity contribution < 1.29 is 8.42 Å². The quantitative estimate of drug-likeness (QED) is 0.659. The smallest absolute Gasteiger partial charge is 0.150 e. The number of hydrogen-bond donors (Lipinski definition) is 1. The molecule has 0 aromatic rings. The fourth-order valence-corrected chi connectivity index (χ4v) is 3.07.